The maximum absolute atomic E-state index is 12.4. The minimum Gasteiger partial charge on any atom is -0.294 e. The van der Waals surface area contributed by atoms with Crippen molar-refractivity contribution in [2.75, 3.05) is 0 Å². The van der Waals surface area contributed by atoms with Gasteiger partial charge >= 0.3 is 0 Å². The molecule has 2 aliphatic rings. The van der Waals surface area contributed by atoms with E-state index in [4.69, 9.17) is 0 Å². The molecule has 0 amide bonds. The molecule has 0 bridgehead atoms. The molecule has 90 valence electrons. The molecule has 4 rings (SSSR count). The zero-order valence-corrected chi connectivity index (χ0v) is 10.4. The van der Waals surface area contributed by atoms with E-state index < -0.39 is 0 Å². The van der Waals surface area contributed by atoms with Crippen LogP contribution in [0.3, 0.4) is 0 Å². The van der Waals surface area contributed by atoms with Crippen LogP contribution in [0, 0.1) is 5.92 Å². The van der Waals surface area contributed by atoms with E-state index in [-0.39, 0.29) is 0 Å². The molecule has 0 heterocycles. The minimum absolute atomic E-state index is 0.341. The first-order chi connectivity index (χ1) is 8.83. The second-order valence-electron chi connectivity index (χ2n) is 5.68. The van der Waals surface area contributed by atoms with E-state index in [1.54, 1.807) is 0 Å². The molecule has 2 aromatic carbocycles. The largest absolute Gasteiger partial charge is 0.294 e. The molecule has 1 nitrogen and oxygen atoms in total. The van der Waals surface area contributed by atoms with E-state index in [9.17, 15) is 4.79 Å². The molecule has 1 fully saturated rings. The SMILES string of the molecule is O=C(CC1CC1)c1ccc2c3c(cccc13)CC2. The minimum atomic E-state index is 0.341. The summed E-state index contributed by atoms with van der Waals surface area (Å²) < 4.78 is 0. The summed E-state index contributed by atoms with van der Waals surface area (Å²) in [7, 11) is 0. The number of ketones is 1. The third-order valence-electron chi connectivity index (χ3n) is 4.35. The molecule has 0 aliphatic heterocycles. The summed E-state index contributed by atoms with van der Waals surface area (Å²) in [5.74, 6) is 1.01. The standard InChI is InChI=1S/C17H16O/c18-16(10-11-4-5-11)14-9-8-13-7-6-12-2-1-3-15(14)17(12)13/h1-3,8-9,11H,4-7,10H2. The Morgan fingerprint density at radius 3 is 2.61 bits per heavy atom. The van der Waals surface area contributed by atoms with Gasteiger partial charge in [-0.3, -0.25) is 4.79 Å². The topological polar surface area (TPSA) is 17.1 Å². The first kappa shape index (κ1) is 10.3. The summed E-state index contributed by atoms with van der Waals surface area (Å²) in [4.78, 5) is 12.4. The van der Waals surface area contributed by atoms with Crippen LogP contribution in [0.1, 0.15) is 40.7 Å². The molecule has 0 aromatic heterocycles. The van der Waals surface area contributed by atoms with Gasteiger partial charge in [-0.1, -0.05) is 30.3 Å². The fourth-order valence-corrected chi connectivity index (χ4v) is 3.18. The maximum atomic E-state index is 12.4. The lowest BCUT2D eigenvalue weighted by molar-refractivity contribution is 0.0977. The van der Waals surface area contributed by atoms with E-state index in [2.05, 4.69) is 30.3 Å². The molecule has 1 saturated carbocycles. The molecule has 0 atom stereocenters. The fourth-order valence-electron chi connectivity index (χ4n) is 3.18. The van der Waals surface area contributed by atoms with E-state index in [1.807, 2.05) is 0 Å². The van der Waals surface area contributed by atoms with Gasteiger partial charge in [-0.05, 0) is 53.5 Å². The average molecular weight is 236 g/mol. The fraction of sp³-hybridized carbons (Fsp3) is 0.353. The second-order valence-corrected chi connectivity index (χ2v) is 5.68. The second kappa shape index (κ2) is 3.68. The highest BCUT2D eigenvalue weighted by Gasteiger charge is 2.26. The molecular weight excluding hydrogens is 220 g/mol. The quantitative estimate of drug-likeness (QED) is 0.738. The Kier molecular flexibility index (Phi) is 2.11. The van der Waals surface area contributed by atoms with Crippen molar-refractivity contribution in [2.24, 2.45) is 5.92 Å². The highest BCUT2D eigenvalue weighted by atomic mass is 16.1. The van der Waals surface area contributed by atoms with Gasteiger partial charge in [0.1, 0.15) is 0 Å². The van der Waals surface area contributed by atoms with E-state index in [0.717, 1.165) is 24.8 Å². The number of carbonyl (C=O) groups excluding carboxylic acids is 1. The molecule has 0 N–H and O–H groups in total. The highest BCUT2D eigenvalue weighted by molar-refractivity contribution is 6.10. The van der Waals surface area contributed by atoms with Gasteiger partial charge < -0.3 is 0 Å². The number of rotatable bonds is 3. The first-order valence-corrected chi connectivity index (χ1v) is 6.89. The first-order valence-electron chi connectivity index (χ1n) is 6.89. The van der Waals surface area contributed by atoms with Crippen molar-refractivity contribution in [1.82, 2.24) is 0 Å². The van der Waals surface area contributed by atoms with Gasteiger partial charge in [-0.2, -0.15) is 0 Å². The summed E-state index contributed by atoms with van der Waals surface area (Å²) in [6.45, 7) is 0. The molecule has 0 unspecified atom stereocenters. The van der Waals surface area contributed by atoms with Gasteiger partial charge in [0, 0.05) is 12.0 Å². The maximum Gasteiger partial charge on any atom is 0.163 e. The van der Waals surface area contributed by atoms with Crippen LogP contribution >= 0.6 is 0 Å². The molecule has 1 heteroatoms. The van der Waals surface area contributed by atoms with Gasteiger partial charge in [0.2, 0.25) is 0 Å². The average Bonchev–Trinajstić information content (AvgIpc) is 3.10. The summed E-state index contributed by atoms with van der Waals surface area (Å²) in [5.41, 5.74) is 3.79. The van der Waals surface area contributed by atoms with E-state index in [0.29, 0.717) is 11.7 Å². The molecule has 2 aromatic rings. The Morgan fingerprint density at radius 1 is 1.06 bits per heavy atom. The van der Waals surface area contributed by atoms with Gasteiger partial charge in [0.15, 0.2) is 5.78 Å². The van der Waals surface area contributed by atoms with Crippen molar-refractivity contribution >= 4 is 16.6 Å². The van der Waals surface area contributed by atoms with Crippen LogP contribution in [0.15, 0.2) is 30.3 Å². The van der Waals surface area contributed by atoms with Crippen LogP contribution < -0.4 is 0 Å². The van der Waals surface area contributed by atoms with E-state index >= 15 is 0 Å². The number of Topliss-reactive ketones (excluding diaryl/α,β-unsaturated/α-hetero) is 1. The van der Waals surface area contributed by atoms with Crippen molar-refractivity contribution in [2.45, 2.75) is 32.1 Å². The summed E-state index contributed by atoms with van der Waals surface area (Å²) in [5, 5.41) is 2.55. The zero-order chi connectivity index (χ0) is 12.1. The van der Waals surface area contributed by atoms with Crippen LogP contribution in [0.25, 0.3) is 10.8 Å². The van der Waals surface area contributed by atoms with E-state index in [1.165, 1.54) is 34.7 Å². The van der Waals surface area contributed by atoms with Crippen molar-refractivity contribution in [3.8, 4) is 0 Å². The summed E-state index contributed by atoms with van der Waals surface area (Å²) in [6, 6.07) is 10.6. The third kappa shape index (κ3) is 1.50. The lowest BCUT2D eigenvalue weighted by Crippen LogP contribution is -2.01. The van der Waals surface area contributed by atoms with Crippen molar-refractivity contribution in [1.29, 1.82) is 0 Å². The summed E-state index contributed by atoms with van der Waals surface area (Å²) >= 11 is 0. The molecule has 0 spiro atoms. The van der Waals surface area contributed by atoms with Crippen LogP contribution in [0.5, 0.6) is 0 Å². The molecule has 0 radical (unpaired) electrons. The van der Waals surface area contributed by atoms with Crippen molar-refractivity contribution in [3.05, 3.63) is 47.0 Å². The normalized spacial score (nSPS) is 17.3. The molecule has 0 saturated heterocycles. The molecular formula is C17H16O. The van der Waals surface area contributed by atoms with Crippen LogP contribution in [0.4, 0.5) is 0 Å². The predicted octanol–water partition coefficient (Wildman–Crippen LogP) is 3.92. The Balaban J connectivity index is 1.88. The highest BCUT2D eigenvalue weighted by Crippen LogP contribution is 2.36. The van der Waals surface area contributed by atoms with Gasteiger partial charge in [0.05, 0.1) is 0 Å². The number of aryl methyl sites for hydroxylation is 2. The lowest BCUT2D eigenvalue weighted by atomic mass is 9.96. The number of carbonyl (C=O) groups is 1. The lowest BCUT2D eigenvalue weighted by Gasteiger charge is -2.07. The van der Waals surface area contributed by atoms with Crippen molar-refractivity contribution in [3.63, 3.8) is 0 Å². The monoisotopic (exact) mass is 236 g/mol. The third-order valence-corrected chi connectivity index (χ3v) is 4.35. The number of hydrogen-bond acceptors (Lipinski definition) is 1. The smallest absolute Gasteiger partial charge is 0.163 e. The van der Waals surface area contributed by atoms with Crippen molar-refractivity contribution < 1.29 is 4.79 Å². The van der Waals surface area contributed by atoms with Crippen LogP contribution in [0.2, 0.25) is 0 Å². The zero-order valence-electron chi connectivity index (χ0n) is 10.4. The molecule has 2 aliphatic carbocycles. The van der Waals surface area contributed by atoms with Crippen LogP contribution in [-0.2, 0) is 12.8 Å². The predicted molar refractivity (Wildman–Crippen MR) is 73.0 cm³/mol. The van der Waals surface area contributed by atoms with Gasteiger partial charge in [-0.25, -0.2) is 0 Å². The number of hydrogen-bond donors (Lipinski definition) is 0. The Labute approximate surface area is 107 Å². The Hall–Kier alpha value is -1.63. The van der Waals surface area contributed by atoms with Gasteiger partial charge in [-0.15, -0.1) is 0 Å². The summed E-state index contributed by atoms with van der Waals surface area (Å²) in [6.07, 6.45) is 5.50. The van der Waals surface area contributed by atoms with Crippen LogP contribution in [-0.4, -0.2) is 5.78 Å². The Bertz CT molecular complexity index is 640. The molecule has 18 heavy (non-hydrogen) atoms. The number of benzene rings is 2. The Morgan fingerprint density at radius 2 is 1.83 bits per heavy atom. The van der Waals surface area contributed by atoms with Gasteiger partial charge in [0.25, 0.3) is 0 Å².